The fraction of sp³-hybridized carbons (Fsp3) is 0.300. The lowest BCUT2D eigenvalue weighted by Gasteiger charge is -2.20. The van der Waals surface area contributed by atoms with Gasteiger partial charge in [-0.2, -0.15) is 0 Å². The van der Waals surface area contributed by atoms with Gasteiger partial charge in [0, 0.05) is 3.57 Å². The first kappa shape index (κ1) is 11.9. The summed E-state index contributed by atoms with van der Waals surface area (Å²) in [6.07, 6.45) is 0. The summed E-state index contributed by atoms with van der Waals surface area (Å²) in [7, 11) is 0. The molecular formula is C10H9ClFIO. The van der Waals surface area contributed by atoms with Crippen molar-refractivity contribution < 1.29 is 9.18 Å². The zero-order chi connectivity index (χ0) is 10.9. The van der Waals surface area contributed by atoms with E-state index in [1.54, 1.807) is 26.0 Å². The highest BCUT2D eigenvalue weighted by Gasteiger charge is 2.28. The Balaban J connectivity index is 3.21. The highest BCUT2D eigenvalue weighted by molar-refractivity contribution is 14.1. The van der Waals surface area contributed by atoms with Gasteiger partial charge in [0.05, 0.1) is 5.41 Å². The Bertz CT molecular complexity index is 376. The minimum atomic E-state index is -0.841. The van der Waals surface area contributed by atoms with Crippen molar-refractivity contribution in [3.63, 3.8) is 0 Å². The second-order valence-corrected chi connectivity index (χ2v) is 5.03. The minimum Gasteiger partial charge on any atom is -0.280 e. The fourth-order valence-corrected chi connectivity index (χ4v) is 1.44. The first-order valence-electron chi connectivity index (χ1n) is 4.01. The average molecular weight is 327 g/mol. The molecule has 0 atom stereocenters. The minimum absolute atomic E-state index is 0.325. The van der Waals surface area contributed by atoms with Crippen molar-refractivity contribution >= 4 is 39.4 Å². The Morgan fingerprint density at radius 3 is 2.50 bits per heavy atom. The van der Waals surface area contributed by atoms with Crippen LogP contribution in [0.3, 0.4) is 0 Å². The summed E-state index contributed by atoms with van der Waals surface area (Å²) in [5, 5.41) is -0.488. The van der Waals surface area contributed by atoms with Gasteiger partial charge in [-0.05, 0) is 65.7 Å². The van der Waals surface area contributed by atoms with Crippen LogP contribution in [0.4, 0.5) is 4.39 Å². The number of carbonyl (C=O) groups excluding carboxylic acids is 1. The monoisotopic (exact) mass is 326 g/mol. The van der Waals surface area contributed by atoms with E-state index in [2.05, 4.69) is 0 Å². The molecule has 0 bridgehead atoms. The van der Waals surface area contributed by atoms with Gasteiger partial charge in [0.2, 0.25) is 5.24 Å². The Morgan fingerprint density at radius 1 is 1.50 bits per heavy atom. The Morgan fingerprint density at radius 2 is 2.07 bits per heavy atom. The average Bonchev–Trinajstić information content (AvgIpc) is 2.09. The molecule has 1 nitrogen and oxygen atoms in total. The molecule has 0 amide bonds. The quantitative estimate of drug-likeness (QED) is 0.601. The van der Waals surface area contributed by atoms with Crippen LogP contribution in [0.15, 0.2) is 18.2 Å². The lowest BCUT2D eigenvalue weighted by atomic mass is 9.86. The van der Waals surface area contributed by atoms with Crippen molar-refractivity contribution in [3.8, 4) is 0 Å². The van der Waals surface area contributed by atoms with Crippen LogP contribution in [0.5, 0.6) is 0 Å². The first-order valence-corrected chi connectivity index (χ1v) is 5.47. The molecule has 0 heterocycles. The van der Waals surface area contributed by atoms with Crippen molar-refractivity contribution in [2.24, 2.45) is 0 Å². The molecule has 0 fully saturated rings. The van der Waals surface area contributed by atoms with E-state index in [0.29, 0.717) is 9.13 Å². The molecule has 4 heteroatoms. The summed E-state index contributed by atoms with van der Waals surface area (Å²) in [6.45, 7) is 3.34. The summed E-state index contributed by atoms with van der Waals surface area (Å²) in [5.74, 6) is -0.325. The second kappa shape index (κ2) is 4.14. The fourth-order valence-electron chi connectivity index (χ4n) is 0.998. The second-order valence-electron chi connectivity index (χ2n) is 3.53. The maximum Gasteiger partial charge on any atom is 0.231 e. The van der Waals surface area contributed by atoms with E-state index in [0.717, 1.165) is 0 Å². The van der Waals surface area contributed by atoms with E-state index < -0.39 is 10.7 Å². The number of carbonyl (C=O) groups is 1. The van der Waals surface area contributed by atoms with Gasteiger partial charge >= 0.3 is 0 Å². The maximum absolute atomic E-state index is 13.2. The van der Waals surface area contributed by atoms with Crippen molar-refractivity contribution in [1.82, 2.24) is 0 Å². The summed E-state index contributed by atoms with van der Waals surface area (Å²) < 4.78 is 13.7. The summed E-state index contributed by atoms with van der Waals surface area (Å²) in [4.78, 5) is 11.1. The highest BCUT2D eigenvalue weighted by atomic mass is 127. The molecule has 1 aromatic rings. The van der Waals surface area contributed by atoms with E-state index in [-0.39, 0.29) is 5.82 Å². The molecular weight excluding hydrogens is 317 g/mol. The third-order valence-electron chi connectivity index (χ3n) is 2.13. The van der Waals surface area contributed by atoms with Crippen LogP contribution in [-0.2, 0) is 10.2 Å². The molecule has 0 radical (unpaired) electrons. The van der Waals surface area contributed by atoms with Crippen LogP contribution >= 0.6 is 34.2 Å². The molecule has 0 saturated carbocycles. The zero-order valence-electron chi connectivity index (χ0n) is 7.77. The van der Waals surface area contributed by atoms with E-state index in [9.17, 15) is 9.18 Å². The third-order valence-corrected chi connectivity index (χ3v) is 3.48. The van der Waals surface area contributed by atoms with E-state index >= 15 is 0 Å². The van der Waals surface area contributed by atoms with Crippen LogP contribution in [0.25, 0.3) is 0 Å². The normalized spacial score (nSPS) is 11.5. The lowest BCUT2D eigenvalue weighted by Crippen LogP contribution is -2.24. The van der Waals surface area contributed by atoms with Crippen molar-refractivity contribution in [2.45, 2.75) is 19.3 Å². The van der Waals surface area contributed by atoms with Crippen LogP contribution in [0.1, 0.15) is 19.4 Å². The largest absolute Gasteiger partial charge is 0.280 e. The lowest BCUT2D eigenvalue weighted by molar-refractivity contribution is -0.115. The van der Waals surface area contributed by atoms with Crippen LogP contribution in [0, 0.1) is 9.39 Å². The van der Waals surface area contributed by atoms with Crippen LogP contribution in [0.2, 0.25) is 0 Å². The number of hydrogen-bond donors (Lipinski definition) is 0. The van der Waals surface area contributed by atoms with Crippen molar-refractivity contribution in [3.05, 3.63) is 33.1 Å². The van der Waals surface area contributed by atoms with Gasteiger partial charge < -0.3 is 0 Å². The van der Waals surface area contributed by atoms with Crippen molar-refractivity contribution in [2.75, 3.05) is 0 Å². The molecule has 0 aromatic heterocycles. The summed E-state index contributed by atoms with van der Waals surface area (Å²) >= 11 is 7.33. The molecule has 1 rings (SSSR count). The van der Waals surface area contributed by atoms with E-state index in [1.807, 2.05) is 22.6 Å². The summed E-state index contributed by atoms with van der Waals surface area (Å²) in [6, 6.07) is 4.69. The molecule has 0 saturated heterocycles. The van der Waals surface area contributed by atoms with Gasteiger partial charge in [0.25, 0.3) is 0 Å². The molecule has 0 unspecified atom stereocenters. The topological polar surface area (TPSA) is 17.1 Å². The number of hydrogen-bond acceptors (Lipinski definition) is 1. The molecule has 0 aliphatic heterocycles. The highest BCUT2D eigenvalue weighted by Crippen LogP contribution is 2.27. The number of benzene rings is 1. The number of halogens is 3. The smallest absolute Gasteiger partial charge is 0.231 e. The van der Waals surface area contributed by atoms with Gasteiger partial charge in [-0.15, -0.1) is 0 Å². The van der Waals surface area contributed by atoms with Crippen LogP contribution in [-0.4, -0.2) is 5.24 Å². The van der Waals surface area contributed by atoms with Crippen molar-refractivity contribution in [1.29, 1.82) is 0 Å². The Kier molecular flexibility index (Phi) is 3.53. The Hall–Kier alpha value is -0.160. The summed E-state index contributed by atoms with van der Waals surface area (Å²) in [5.41, 5.74) is -0.248. The predicted molar refractivity (Wildman–Crippen MR) is 63.0 cm³/mol. The molecule has 76 valence electrons. The molecule has 0 aliphatic rings. The standard InChI is InChI=1S/C10H9ClFIO/c1-10(2,9(11)14)6-3-4-8(13)7(12)5-6/h3-5H,1-2H3. The molecule has 0 N–H and O–H groups in total. The zero-order valence-corrected chi connectivity index (χ0v) is 10.7. The van der Waals surface area contributed by atoms with Gasteiger partial charge in [-0.1, -0.05) is 6.07 Å². The van der Waals surface area contributed by atoms with Crippen LogP contribution < -0.4 is 0 Å². The maximum atomic E-state index is 13.2. The predicted octanol–water partition coefficient (Wildman–Crippen LogP) is 3.47. The van der Waals surface area contributed by atoms with Gasteiger partial charge in [0.15, 0.2) is 0 Å². The SMILES string of the molecule is CC(C)(C(=O)Cl)c1ccc(I)c(F)c1. The van der Waals surface area contributed by atoms with Gasteiger partial charge in [-0.3, -0.25) is 4.79 Å². The Labute approximate surface area is 101 Å². The van der Waals surface area contributed by atoms with E-state index in [4.69, 9.17) is 11.6 Å². The van der Waals surface area contributed by atoms with E-state index in [1.165, 1.54) is 6.07 Å². The third kappa shape index (κ3) is 2.25. The molecule has 14 heavy (non-hydrogen) atoms. The molecule has 0 spiro atoms. The number of rotatable bonds is 2. The first-order chi connectivity index (χ1) is 6.35. The van der Waals surface area contributed by atoms with Gasteiger partial charge in [-0.25, -0.2) is 4.39 Å². The molecule has 0 aliphatic carbocycles. The van der Waals surface area contributed by atoms with Gasteiger partial charge in [0.1, 0.15) is 5.82 Å². The molecule has 1 aromatic carbocycles.